The molecule has 4 nitrogen and oxygen atoms in total. The van der Waals surface area contributed by atoms with Gasteiger partial charge in [-0.05, 0) is 31.2 Å². The number of quaternary nitrogens is 1. The molecule has 0 fully saturated rings. The Hall–Kier alpha value is -2.04. The highest BCUT2D eigenvalue weighted by Gasteiger charge is 2.12. The summed E-state index contributed by atoms with van der Waals surface area (Å²) in [6.07, 6.45) is 0. The minimum atomic E-state index is -0.0645. The van der Waals surface area contributed by atoms with Gasteiger partial charge in [0.05, 0.1) is 12.8 Å². The second kappa shape index (κ2) is 7.82. The number of hydrogen-bond acceptors (Lipinski definition) is 2. The molecule has 2 aromatic carbocycles. The topological polar surface area (TPSA) is 54.9 Å². The van der Waals surface area contributed by atoms with Gasteiger partial charge in [-0.25, -0.2) is 0 Å². The fourth-order valence-electron chi connectivity index (χ4n) is 2.14. The van der Waals surface area contributed by atoms with Gasteiger partial charge in [-0.15, -0.1) is 0 Å². The number of ether oxygens (including phenoxy) is 1. The zero-order valence-corrected chi connectivity index (χ0v) is 13.4. The van der Waals surface area contributed by atoms with Crippen molar-refractivity contribution in [1.82, 2.24) is 0 Å². The quantitative estimate of drug-likeness (QED) is 0.860. The molecule has 0 aliphatic heterocycles. The van der Waals surface area contributed by atoms with Crippen LogP contribution in [0.5, 0.6) is 5.75 Å². The van der Waals surface area contributed by atoms with E-state index in [2.05, 4.69) is 12.2 Å². The summed E-state index contributed by atoms with van der Waals surface area (Å²) in [5.41, 5.74) is 1.82. The largest absolute Gasteiger partial charge is 0.495 e. The average Bonchev–Trinajstić information content (AvgIpc) is 2.54. The Morgan fingerprint density at radius 3 is 2.59 bits per heavy atom. The molecule has 0 radical (unpaired) electrons. The third-order valence-electron chi connectivity index (χ3n) is 3.43. The van der Waals surface area contributed by atoms with Crippen LogP contribution in [0, 0.1) is 0 Å². The molecule has 0 heterocycles. The molecule has 2 rings (SSSR count). The first-order valence-electron chi connectivity index (χ1n) is 7.12. The summed E-state index contributed by atoms with van der Waals surface area (Å²) in [5.74, 6) is 0.590. The minimum absolute atomic E-state index is 0.0645. The normalized spacial score (nSPS) is 11.8. The fraction of sp³-hybridized carbons (Fsp3) is 0.235. The number of methoxy groups -OCH3 is 1. The van der Waals surface area contributed by atoms with Crippen LogP contribution in [0.1, 0.15) is 18.5 Å². The molecular weight excluding hydrogens is 300 g/mol. The van der Waals surface area contributed by atoms with Gasteiger partial charge in [0.15, 0.2) is 6.54 Å². The highest BCUT2D eigenvalue weighted by molar-refractivity contribution is 6.30. The Bertz CT molecular complexity index is 629. The van der Waals surface area contributed by atoms with Crippen molar-refractivity contribution in [2.24, 2.45) is 0 Å². The van der Waals surface area contributed by atoms with E-state index in [4.69, 9.17) is 16.3 Å². The van der Waals surface area contributed by atoms with Crippen LogP contribution in [0.25, 0.3) is 0 Å². The predicted octanol–water partition coefficient (Wildman–Crippen LogP) is 2.61. The Balaban J connectivity index is 1.88. The van der Waals surface area contributed by atoms with Crippen molar-refractivity contribution in [3.63, 3.8) is 0 Å². The maximum Gasteiger partial charge on any atom is 0.279 e. The van der Waals surface area contributed by atoms with E-state index >= 15 is 0 Å². The van der Waals surface area contributed by atoms with Crippen LogP contribution < -0.4 is 15.4 Å². The second-order valence-corrected chi connectivity index (χ2v) is 5.46. The van der Waals surface area contributed by atoms with E-state index in [0.717, 1.165) is 5.56 Å². The number of amides is 1. The molecule has 0 saturated carbocycles. The van der Waals surface area contributed by atoms with Crippen molar-refractivity contribution in [3.8, 4) is 5.75 Å². The third kappa shape index (κ3) is 4.48. The van der Waals surface area contributed by atoms with Gasteiger partial charge in [-0.3, -0.25) is 4.79 Å². The molecule has 3 N–H and O–H groups in total. The number of benzene rings is 2. The fourth-order valence-corrected chi connectivity index (χ4v) is 2.26. The summed E-state index contributed by atoms with van der Waals surface area (Å²) in [5, 5.41) is 5.55. The number of carbonyl (C=O) groups is 1. The van der Waals surface area contributed by atoms with Gasteiger partial charge in [-0.2, -0.15) is 0 Å². The molecule has 22 heavy (non-hydrogen) atoms. The molecule has 0 spiro atoms. The number of hydrogen-bond donors (Lipinski definition) is 2. The van der Waals surface area contributed by atoms with E-state index in [-0.39, 0.29) is 11.9 Å². The van der Waals surface area contributed by atoms with Crippen LogP contribution >= 0.6 is 11.6 Å². The Labute approximate surface area is 135 Å². The summed E-state index contributed by atoms with van der Waals surface area (Å²) in [6, 6.07) is 15.2. The zero-order valence-electron chi connectivity index (χ0n) is 12.7. The standard InChI is InChI=1S/C17H19ClN2O2/c1-12(13-7-9-14(18)10-8-13)19-11-17(21)20-15-5-3-4-6-16(15)22-2/h3-10,12,19H,11H2,1-2H3,(H,20,21)/p+1/t12-/m0/s1. The number of para-hydroxylation sites is 2. The highest BCUT2D eigenvalue weighted by atomic mass is 35.5. The average molecular weight is 320 g/mol. The molecule has 0 unspecified atom stereocenters. The van der Waals surface area contributed by atoms with Crippen molar-refractivity contribution in [1.29, 1.82) is 0 Å². The van der Waals surface area contributed by atoms with Crippen LogP contribution in [0.3, 0.4) is 0 Å². The van der Waals surface area contributed by atoms with Crippen molar-refractivity contribution in [2.45, 2.75) is 13.0 Å². The molecule has 5 heteroatoms. The number of rotatable bonds is 6. The Kier molecular flexibility index (Phi) is 5.81. The van der Waals surface area contributed by atoms with E-state index in [1.807, 2.05) is 53.8 Å². The number of halogens is 1. The SMILES string of the molecule is COc1ccccc1NC(=O)C[NH2+][C@@H](C)c1ccc(Cl)cc1. The number of nitrogens with one attached hydrogen (secondary N) is 1. The highest BCUT2D eigenvalue weighted by Crippen LogP contribution is 2.22. The van der Waals surface area contributed by atoms with Gasteiger partial charge >= 0.3 is 0 Å². The van der Waals surface area contributed by atoms with Gasteiger partial charge in [0.25, 0.3) is 5.91 Å². The third-order valence-corrected chi connectivity index (χ3v) is 3.69. The lowest BCUT2D eigenvalue weighted by molar-refractivity contribution is -0.682. The maximum atomic E-state index is 12.1. The lowest BCUT2D eigenvalue weighted by Crippen LogP contribution is -2.86. The van der Waals surface area contributed by atoms with Crippen LogP contribution in [0.4, 0.5) is 5.69 Å². The van der Waals surface area contributed by atoms with E-state index in [1.54, 1.807) is 7.11 Å². The molecular formula is C17H20ClN2O2+. The first-order chi connectivity index (χ1) is 10.6. The first-order valence-corrected chi connectivity index (χ1v) is 7.49. The van der Waals surface area contributed by atoms with Crippen molar-refractivity contribution >= 4 is 23.2 Å². The van der Waals surface area contributed by atoms with E-state index < -0.39 is 0 Å². The van der Waals surface area contributed by atoms with Crippen LogP contribution in [-0.2, 0) is 4.79 Å². The number of anilines is 1. The number of nitrogens with two attached hydrogens (primary N) is 1. The molecule has 0 bridgehead atoms. The van der Waals surface area contributed by atoms with Gasteiger partial charge < -0.3 is 15.4 Å². The van der Waals surface area contributed by atoms with Crippen molar-refractivity contribution < 1.29 is 14.8 Å². The molecule has 2 aromatic rings. The van der Waals surface area contributed by atoms with Gasteiger partial charge in [-0.1, -0.05) is 35.9 Å². The first kappa shape index (κ1) is 16.3. The summed E-state index contributed by atoms with van der Waals surface area (Å²) in [4.78, 5) is 12.1. The van der Waals surface area contributed by atoms with Crippen LogP contribution in [0.2, 0.25) is 5.02 Å². The predicted molar refractivity (Wildman–Crippen MR) is 88.3 cm³/mol. The molecule has 1 atom stereocenters. The summed E-state index contributed by atoms with van der Waals surface area (Å²) in [7, 11) is 1.58. The molecule has 1 amide bonds. The van der Waals surface area contributed by atoms with Gasteiger partial charge in [0, 0.05) is 10.6 Å². The molecule has 0 aromatic heterocycles. The molecule has 116 valence electrons. The van der Waals surface area contributed by atoms with Gasteiger partial charge in [0.1, 0.15) is 11.8 Å². The number of carbonyl (C=O) groups excluding carboxylic acids is 1. The van der Waals surface area contributed by atoms with Gasteiger partial charge in [0.2, 0.25) is 0 Å². The monoisotopic (exact) mass is 319 g/mol. The maximum absolute atomic E-state index is 12.1. The van der Waals surface area contributed by atoms with Crippen LogP contribution in [-0.4, -0.2) is 19.6 Å². The van der Waals surface area contributed by atoms with Crippen LogP contribution in [0.15, 0.2) is 48.5 Å². The van der Waals surface area contributed by atoms with Crippen molar-refractivity contribution in [2.75, 3.05) is 19.0 Å². The van der Waals surface area contributed by atoms with E-state index in [9.17, 15) is 4.79 Å². The molecule has 0 aliphatic carbocycles. The second-order valence-electron chi connectivity index (χ2n) is 5.03. The zero-order chi connectivity index (χ0) is 15.9. The summed E-state index contributed by atoms with van der Waals surface area (Å²) >= 11 is 5.88. The van der Waals surface area contributed by atoms with E-state index in [1.165, 1.54) is 0 Å². The molecule has 0 aliphatic rings. The Morgan fingerprint density at radius 1 is 1.23 bits per heavy atom. The smallest absolute Gasteiger partial charge is 0.279 e. The summed E-state index contributed by atoms with van der Waals surface area (Å²) in [6.45, 7) is 2.39. The summed E-state index contributed by atoms with van der Waals surface area (Å²) < 4.78 is 5.21. The Morgan fingerprint density at radius 2 is 1.91 bits per heavy atom. The molecule has 0 saturated heterocycles. The lowest BCUT2D eigenvalue weighted by Gasteiger charge is -2.12. The van der Waals surface area contributed by atoms with Crippen molar-refractivity contribution in [3.05, 3.63) is 59.1 Å². The van der Waals surface area contributed by atoms with E-state index in [0.29, 0.717) is 23.0 Å². The lowest BCUT2D eigenvalue weighted by atomic mass is 10.1. The minimum Gasteiger partial charge on any atom is -0.495 e.